The van der Waals surface area contributed by atoms with Crippen molar-refractivity contribution in [3.05, 3.63) is 17.7 Å². The second kappa shape index (κ2) is 9.04. The highest BCUT2D eigenvalue weighted by Gasteiger charge is 2.43. The predicted molar refractivity (Wildman–Crippen MR) is 94.1 cm³/mol. The molecule has 28 heavy (non-hydrogen) atoms. The SMILES string of the molecule is COc1cc(C(C#N)NC(=O)C2CCCC(C(F)(F)F)C2)cc(OC)c1OC. The number of hydrogen-bond donors (Lipinski definition) is 1. The van der Waals surface area contributed by atoms with Gasteiger partial charge in [-0.05, 0) is 37.0 Å². The van der Waals surface area contributed by atoms with E-state index in [0.29, 0.717) is 35.7 Å². The number of nitrogens with zero attached hydrogens (tertiary/aromatic N) is 1. The van der Waals surface area contributed by atoms with Crippen molar-refractivity contribution in [1.82, 2.24) is 5.32 Å². The summed E-state index contributed by atoms with van der Waals surface area (Å²) in [7, 11) is 4.27. The third-order valence-corrected chi connectivity index (χ3v) is 4.94. The van der Waals surface area contributed by atoms with Crippen LogP contribution in [0, 0.1) is 23.2 Å². The molecule has 6 nitrogen and oxygen atoms in total. The Balaban J connectivity index is 2.20. The minimum absolute atomic E-state index is 0.0296. The maximum Gasteiger partial charge on any atom is 0.391 e. The van der Waals surface area contributed by atoms with Gasteiger partial charge in [-0.3, -0.25) is 4.79 Å². The lowest BCUT2D eigenvalue weighted by molar-refractivity contribution is -0.186. The van der Waals surface area contributed by atoms with Crippen LogP contribution in [-0.4, -0.2) is 33.4 Å². The molecule has 1 amide bonds. The predicted octanol–water partition coefficient (Wildman–Crippen LogP) is 3.76. The summed E-state index contributed by atoms with van der Waals surface area (Å²) in [6.07, 6.45) is -3.86. The monoisotopic (exact) mass is 400 g/mol. The summed E-state index contributed by atoms with van der Waals surface area (Å²) >= 11 is 0. The van der Waals surface area contributed by atoms with Crippen LogP contribution in [0.4, 0.5) is 13.2 Å². The quantitative estimate of drug-likeness (QED) is 0.786. The summed E-state index contributed by atoms with van der Waals surface area (Å²) in [6.45, 7) is 0. The second-order valence-corrected chi connectivity index (χ2v) is 6.63. The fraction of sp³-hybridized carbons (Fsp3) is 0.579. The Morgan fingerprint density at radius 3 is 2.25 bits per heavy atom. The van der Waals surface area contributed by atoms with Crippen molar-refractivity contribution in [3.63, 3.8) is 0 Å². The number of benzene rings is 1. The maximum atomic E-state index is 13.0. The number of carbonyl (C=O) groups excluding carboxylic acids is 1. The summed E-state index contributed by atoms with van der Waals surface area (Å²) in [5.41, 5.74) is 0.383. The Morgan fingerprint density at radius 2 is 1.79 bits per heavy atom. The van der Waals surface area contributed by atoms with E-state index in [-0.39, 0.29) is 12.8 Å². The van der Waals surface area contributed by atoms with Crippen LogP contribution < -0.4 is 19.5 Å². The van der Waals surface area contributed by atoms with Crippen molar-refractivity contribution in [1.29, 1.82) is 5.26 Å². The van der Waals surface area contributed by atoms with Crippen LogP contribution >= 0.6 is 0 Å². The zero-order valence-corrected chi connectivity index (χ0v) is 15.9. The second-order valence-electron chi connectivity index (χ2n) is 6.63. The van der Waals surface area contributed by atoms with E-state index in [4.69, 9.17) is 14.2 Å². The largest absolute Gasteiger partial charge is 0.493 e. The van der Waals surface area contributed by atoms with Gasteiger partial charge in [0.25, 0.3) is 0 Å². The van der Waals surface area contributed by atoms with Gasteiger partial charge in [0.15, 0.2) is 11.5 Å². The number of alkyl halides is 3. The molecule has 3 unspecified atom stereocenters. The molecule has 3 atom stereocenters. The van der Waals surface area contributed by atoms with Crippen LogP contribution in [0.15, 0.2) is 12.1 Å². The van der Waals surface area contributed by atoms with Gasteiger partial charge in [0.05, 0.1) is 33.3 Å². The number of ether oxygens (including phenoxy) is 3. The van der Waals surface area contributed by atoms with Gasteiger partial charge in [0.1, 0.15) is 6.04 Å². The van der Waals surface area contributed by atoms with Crippen LogP contribution in [0.25, 0.3) is 0 Å². The molecule has 1 aromatic rings. The fourth-order valence-corrected chi connectivity index (χ4v) is 3.44. The van der Waals surface area contributed by atoms with Gasteiger partial charge in [-0.2, -0.15) is 18.4 Å². The first-order valence-electron chi connectivity index (χ1n) is 8.81. The van der Waals surface area contributed by atoms with Crippen LogP contribution in [0.2, 0.25) is 0 Å². The summed E-state index contributed by atoms with van der Waals surface area (Å²) in [6, 6.07) is 3.95. The number of methoxy groups -OCH3 is 3. The molecule has 1 N–H and O–H groups in total. The first-order valence-corrected chi connectivity index (χ1v) is 8.81. The Labute approximate surface area is 161 Å². The molecule has 154 valence electrons. The Hall–Kier alpha value is -2.63. The summed E-state index contributed by atoms with van der Waals surface area (Å²) in [5.74, 6) is -1.88. The molecule has 1 aromatic carbocycles. The lowest BCUT2D eigenvalue weighted by Crippen LogP contribution is -2.38. The molecule has 0 saturated heterocycles. The standard InChI is InChI=1S/C19H23F3N2O4/c1-26-15-8-12(9-16(27-2)17(15)28-3)14(10-23)24-18(25)11-5-4-6-13(7-11)19(20,21)22/h8-9,11,13-14H,4-7H2,1-3H3,(H,24,25). The molecular formula is C19H23F3N2O4. The number of nitriles is 1. The molecule has 1 aliphatic rings. The molecule has 1 aliphatic carbocycles. The Bertz CT molecular complexity index is 721. The zero-order valence-electron chi connectivity index (χ0n) is 15.9. The van der Waals surface area contributed by atoms with Crippen LogP contribution in [-0.2, 0) is 4.79 Å². The van der Waals surface area contributed by atoms with Crippen molar-refractivity contribution < 1.29 is 32.2 Å². The fourth-order valence-electron chi connectivity index (χ4n) is 3.44. The number of halogens is 3. The van der Waals surface area contributed by atoms with Crippen LogP contribution in [0.1, 0.15) is 37.3 Å². The van der Waals surface area contributed by atoms with E-state index >= 15 is 0 Å². The first-order chi connectivity index (χ1) is 13.2. The normalized spacial score (nSPS) is 20.6. The van der Waals surface area contributed by atoms with Gasteiger partial charge in [0, 0.05) is 5.92 Å². The van der Waals surface area contributed by atoms with Crippen molar-refractivity contribution in [3.8, 4) is 23.3 Å². The number of nitrogens with one attached hydrogen (secondary N) is 1. The molecule has 0 aliphatic heterocycles. The van der Waals surface area contributed by atoms with Gasteiger partial charge < -0.3 is 19.5 Å². The third-order valence-electron chi connectivity index (χ3n) is 4.94. The van der Waals surface area contributed by atoms with Gasteiger partial charge in [0.2, 0.25) is 11.7 Å². The van der Waals surface area contributed by atoms with Crippen molar-refractivity contribution in [2.24, 2.45) is 11.8 Å². The molecule has 1 fully saturated rings. The minimum atomic E-state index is -4.32. The molecule has 0 aromatic heterocycles. The molecule has 2 rings (SSSR count). The topological polar surface area (TPSA) is 80.6 Å². The van der Waals surface area contributed by atoms with Crippen molar-refractivity contribution >= 4 is 5.91 Å². The molecule has 0 spiro atoms. The molecule has 1 saturated carbocycles. The van der Waals surface area contributed by atoms with E-state index in [9.17, 15) is 23.2 Å². The van der Waals surface area contributed by atoms with Gasteiger partial charge in [-0.1, -0.05) is 6.42 Å². The van der Waals surface area contributed by atoms with E-state index in [1.807, 2.05) is 6.07 Å². The van der Waals surface area contributed by atoms with Gasteiger partial charge in [-0.25, -0.2) is 0 Å². The molecule has 0 heterocycles. The number of amides is 1. The van der Waals surface area contributed by atoms with Gasteiger partial charge in [-0.15, -0.1) is 0 Å². The Morgan fingerprint density at radius 1 is 1.18 bits per heavy atom. The molecular weight excluding hydrogens is 377 g/mol. The smallest absolute Gasteiger partial charge is 0.391 e. The van der Waals surface area contributed by atoms with Crippen molar-refractivity contribution in [2.45, 2.75) is 37.9 Å². The average molecular weight is 400 g/mol. The van der Waals surface area contributed by atoms with E-state index in [2.05, 4.69) is 5.32 Å². The van der Waals surface area contributed by atoms with E-state index < -0.39 is 30.0 Å². The zero-order chi connectivity index (χ0) is 20.9. The van der Waals surface area contributed by atoms with E-state index in [0.717, 1.165) is 0 Å². The van der Waals surface area contributed by atoms with E-state index in [1.165, 1.54) is 33.5 Å². The van der Waals surface area contributed by atoms with Crippen LogP contribution in [0.3, 0.4) is 0 Å². The lowest BCUT2D eigenvalue weighted by atomic mass is 9.80. The number of hydrogen-bond acceptors (Lipinski definition) is 5. The van der Waals surface area contributed by atoms with E-state index in [1.54, 1.807) is 0 Å². The minimum Gasteiger partial charge on any atom is -0.493 e. The highest BCUT2D eigenvalue weighted by atomic mass is 19.4. The molecule has 0 bridgehead atoms. The summed E-state index contributed by atoms with van der Waals surface area (Å²) in [4.78, 5) is 12.5. The third kappa shape index (κ3) is 4.80. The number of rotatable bonds is 6. The summed E-state index contributed by atoms with van der Waals surface area (Å²) < 4.78 is 54.6. The summed E-state index contributed by atoms with van der Waals surface area (Å²) in [5, 5.41) is 12.0. The molecule has 0 radical (unpaired) electrons. The number of carbonyl (C=O) groups is 1. The average Bonchev–Trinajstić information content (AvgIpc) is 2.70. The van der Waals surface area contributed by atoms with Crippen LogP contribution in [0.5, 0.6) is 17.2 Å². The highest BCUT2D eigenvalue weighted by Crippen LogP contribution is 2.41. The van der Waals surface area contributed by atoms with Crippen molar-refractivity contribution in [2.75, 3.05) is 21.3 Å². The first kappa shape index (κ1) is 21.7. The maximum absolute atomic E-state index is 13.0. The highest BCUT2D eigenvalue weighted by molar-refractivity contribution is 5.79. The lowest BCUT2D eigenvalue weighted by Gasteiger charge is -2.30. The molecule has 9 heteroatoms. The Kier molecular flexibility index (Phi) is 7.00. The van der Waals surface area contributed by atoms with Gasteiger partial charge >= 0.3 is 6.18 Å².